The van der Waals surface area contributed by atoms with Crippen molar-refractivity contribution in [2.75, 3.05) is 13.6 Å². The van der Waals surface area contributed by atoms with Crippen molar-refractivity contribution in [2.24, 2.45) is 0 Å². The summed E-state index contributed by atoms with van der Waals surface area (Å²) in [6.07, 6.45) is -0.670. The number of hydrogen-bond acceptors (Lipinski definition) is 4. The molecule has 4 N–H and O–H groups in total. The Morgan fingerprint density at radius 1 is 1.36 bits per heavy atom. The van der Waals surface area contributed by atoms with Crippen molar-refractivity contribution in [2.45, 2.75) is 6.10 Å². The van der Waals surface area contributed by atoms with Crippen LogP contribution in [0.3, 0.4) is 0 Å². The van der Waals surface area contributed by atoms with E-state index in [0.717, 1.165) is 0 Å². The quantitative estimate of drug-likeness (QED) is 0.337. The standard InChI is InChI=1S/C9H13NO3.K.H/c1-10-5-9(13)6-2-3-7(11)8(12)4-6;;/h2-4,9-13H,5H2,1H3;;/q;+1;-1. The molecule has 1 unspecified atom stereocenters. The van der Waals surface area contributed by atoms with Gasteiger partial charge < -0.3 is 22.1 Å². The van der Waals surface area contributed by atoms with Gasteiger partial charge in [0.25, 0.3) is 0 Å². The number of nitrogens with one attached hydrogen (secondary N) is 1. The minimum atomic E-state index is -0.670. The van der Waals surface area contributed by atoms with E-state index in [9.17, 15) is 5.11 Å². The van der Waals surface area contributed by atoms with Crippen LogP contribution in [0.25, 0.3) is 0 Å². The molecule has 0 saturated carbocycles. The van der Waals surface area contributed by atoms with Crippen LogP contribution in [0.1, 0.15) is 13.1 Å². The van der Waals surface area contributed by atoms with Gasteiger partial charge in [0.1, 0.15) is 0 Å². The van der Waals surface area contributed by atoms with Gasteiger partial charge in [-0.05, 0) is 24.7 Å². The second kappa shape index (κ2) is 6.79. The maximum Gasteiger partial charge on any atom is 1.00 e. The van der Waals surface area contributed by atoms with Gasteiger partial charge >= 0.3 is 51.4 Å². The largest absolute Gasteiger partial charge is 1.00 e. The fourth-order valence-electron chi connectivity index (χ4n) is 1.06. The molecule has 0 spiro atoms. The van der Waals surface area contributed by atoms with Gasteiger partial charge in [-0.15, -0.1) is 0 Å². The number of aliphatic hydroxyl groups excluding tert-OH is 1. The topological polar surface area (TPSA) is 72.7 Å². The summed E-state index contributed by atoms with van der Waals surface area (Å²) in [6, 6.07) is 4.26. The van der Waals surface area contributed by atoms with Crippen LogP contribution in [0.2, 0.25) is 0 Å². The van der Waals surface area contributed by atoms with Gasteiger partial charge in [0.15, 0.2) is 11.5 Å². The number of aromatic hydroxyl groups is 2. The molecule has 1 rings (SSSR count). The number of likely N-dealkylation sites (N-methyl/N-ethyl adjacent to an activating group) is 1. The van der Waals surface area contributed by atoms with E-state index in [-0.39, 0.29) is 64.3 Å². The molecule has 0 aliphatic rings. The molecule has 0 heterocycles. The average molecular weight is 223 g/mol. The molecule has 0 aromatic heterocycles. The average Bonchev–Trinajstić information content (AvgIpc) is 2.10. The number of phenolic OH excluding ortho intramolecular Hbond substituents is 2. The number of hydrogen-bond donors (Lipinski definition) is 4. The van der Waals surface area contributed by atoms with Gasteiger partial charge in [-0.1, -0.05) is 6.07 Å². The normalized spacial score (nSPS) is 11.9. The third-order valence-electron chi connectivity index (χ3n) is 1.78. The van der Waals surface area contributed by atoms with Crippen LogP contribution in [-0.4, -0.2) is 28.9 Å². The first-order valence-corrected chi connectivity index (χ1v) is 3.99. The summed E-state index contributed by atoms with van der Waals surface area (Å²) in [6.45, 7) is 0.407. The first-order chi connectivity index (χ1) is 6.15. The van der Waals surface area contributed by atoms with Crippen molar-refractivity contribution in [3.8, 4) is 11.5 Å². The smallest absolute Gasteiger partial charge is 1.00 e. The summed E-state index contributed by atoms with van der Waals surface area (Å²) in [5.41, 5.74) is 0.574. The molecule has 0 radical (unpaired) electrons. The van der Waals surface area contributed by atoms with E-state index in [1.807, 2.05) is 0 Å². The molecule has 1 aromatic rings. The van der Waals surface area contributed by atoms with Crippen LogP contribution in [0, 0.1) is 0 Å². The van der Waals surface area contributed by atoms with Crippen molar-refractivity contribution in [1.29, 1.82) is 0 Å². The molecule has 4 nitrogen and oxygen atoms in total. The van der Waals surface area contributed by atoms with Gasteiger partial charge in [-0.2, -0.15) is 0 Å². The zero-order valence-electron chi connectivity index (χ0n) is 9.36. The Balaban J connectivity index is 0. The van der Waals surface area contributed by atoms with Gasteiger partial charge in [0.05, 0.1) is 6.10 Å². The molecule has 0 saturated heterocycles. The third-order valence-corrected chi connectivity index (χ3v) is 1.78. The number of phenols is 2. The summed E-state index contributed by atoms with van der Waals surface area (Å²) < 4.78 is 0. The van der Waals surface area contributed by atoms with Crippen molar-refractivity contribution < 1.29 is 68.1 Å². The van der Waals surface area contributed by atoms with Crippen molar-refractivity contribution in [1.82, 2.24) is 5.32 Å². The number of benzene rings is 1. The van der Waals surface area contributed by atoms with Crippen LogP contribution in [-0.2, 0) is 0 Å². The van der Waals surface area contributed by atoms with E-state index in [0.29, 0.717) is 12.1 Å². The van der Waals surface area contributed by atoms with Crippen LogP contribution in [0.15, 0.2) is 18.2 Å². The van der Waals surface area contributed by atoms with Crippen LogP contribution >= 0.6 is 0 Å². The van der Waals surface area contributed by atoms with Gasteiger partial charge in [-0.25, -0.2) is 0 Å². The Morgan fingerprint density at radius 2 is 2.00 bits per heavy atom. The van der Waals surface area contributed by atoms with Crippen LogP contribution in [0.5, 0.6) is 11.5 Å². The molecule has 0 fully saturated rings. The minimum absolute atomic E-state index is 0. The third kappa shape index (κ3) is 3.86. The Kier molecular flexibility index (Phi) is 6.97. The number of rotatable bonds is 3. The molecule has 14 heavy (non-hydrogen) atoms. The second-order valence-electron chi connectivity index (χ2n) is 2.82. The first kappa shape index (κ1) is 14.4. The van der Waals surface area contributed by atoms with E-state index in [1.54, 1.807) is 13.1 Å². The molecule has 5 heteroatoms. The Morgan fingerprint density at radius 3 is 2.50 bits per heavy atom. The summed E-state index contributed by atoms with van der Waals surface area (Å²) in [5, 5.41) is 30.4. The van der Waals surface area contributed by atoms with E-state index in [4.69, 9.17) is 10.2 Å². The second-order valence-corrected chi connectivity index (χ2v) is 2.82. The molecule has 0 aliphatic heterocycles. The van der Waals surface area contributed by atoms with Crippen molar-refractivity contribution in [3.63, 3.8) is 0 Å². The Hall–Kier alpha value is 0.376. The summed E-state index contributed by atoms with van der Waals surface area (Å²) >= 11 is 0. The minimum Gasteiger partial charge on any atom is -1.00 e. The van der Waals surface area contributed by atoms with E-state index < -0.39 is 6.10 Å². The van der Waals surface area contributed by atoms with E-state index in [1.165, 1.54) is 12.1 Å². The number of aliphatic hydroxyl groups is 1. The maximum absolute atomic E-state index is 9.48. The SMILES string of the molecule is CNCC(O)c1ccc(O)c(O)c1.[H-].[K+]. The summed E-state index contributed by atoms with van der Waals surface area (Å²) in [5.74, 6) is -0.395. The zero-order chi connectivity index (χ0) is 9.84. The molecule has 0 bridgehead atoms. The molecule has 1 atom stereocenters. The van der Waals surface area contributed by atoms with Gasteiger partial charge in [0.2, 0.25) is 0 Å². The molecular weight excluding hydrogens is 209 g/mol. The predicted molar refractivity (Wildman–Crippen MR) is 49.8 cm³/mol. The van der Waals surface area contributed by atoms with Crippen LogP contribution in [0.4, 0.5) is 0 Å². The summed E-state index contributed by atoms with van der Waals surface area (Å²) in [7, 11) is 1.73. The molecule has 74 valence electrons. The first-order valence-electron chi connectivity index (χ1n) is 3.99. The molecule has 1 aromatic carbocycles. The van der Waals surface area contributed by atoms with Gasteiger partial charge in [0, 0.05) is 6.54 Å². The Bertz CT molecular complexity index is 299. The van der Waals surface area contributed by atoms with Crippen molar-refractivity contribution >= 4 is 0 Å². The molecule has 0 aliphatic carbocycles. The fraction of sp³-hybridized carbons (Fsp3) is 0.333. The zero-order valence-corrected chi connectivity index (χ0v) is 11.5. The summed E-state index contributed by atoms with van der Waals surface area (Å²) in [4.78, 5) is 0. The van der Waals surface area contributed by atoms with E-state index in [2.05, 4.69) is 5.32 Å². The van der Waals surface area contributed by atoms with Gasteiger partial charge in [-0.3, -0.25) is 0 Å². The Labute approximate surface area is 127 Å². The molecular formula is C9H14KNO3. The van der Waals surface area contributed by atoms with Crippen molar-refractivity contribution in [3.05, 3.63) is 23.8 Å². The van der Waals surface area contributed by atoms with Crippen LogP contribution < -0.4 is 56.7 Å². The maximum atomic E-state index is 9.48. The fourth-order valence-corrected chi connectivity index (χ4v) is 1.06. The monoisotopic (exact) mass is 223 g/mol. The van der Waals surface area contributed by atoms with E-state index >= 15 is 0 Å². The molecule has 0 amide bonds. The predicted octanol–water partition coefficient (Wildman–Crippen LogP) is -2.53.